The molecule has 0 aliphatic carbocycles. The number of nitrogens with one attached hydrogen (secondary N) is 2. The minimum Gasteiger partial charge on any atom is -0.493 e. The smallest absolute Gasteiger partial charge is 0.255 e. The summed E-state index contributed by atoms with van der Waals surface area (Å²) in [4.78, 5) is 34.1. The van der Waals surface area contributed by atoms with Crippen molar-refractivity contribution in [2.45, 2.75) is 22.9 Å². The quantitative estimate of drug-likeness (QED) is 0.283. The molecule has 2 aromatic carbocycles. The first kappa shape index (κ1) is 24.0. The maximum atomic E-state index is 12.7. The maximum absolute atomic E-state index is 12.7. The number of rotatable bonds is 9. The molecule has 0 radical (unpaired) electrons. The molecule has 2 N–H and O–H groups in total. The zero-order valence-corrected chi connectivity index (χ0v) is 21.1. The van der Waals surface area contributed by atoms with Gasteiger partial charge in [0.2, 0.25) is 5.91 Å². The molecule has 0 fully saturated rings. The van der Waals surface area contributed by atoms with Crippen LogP contribution in [0.2, 0.25) is 0 Å². The third-order valence-electron chi connectivity index (χ3n) is 4.84. The lowest BCUT2D eigenvalue weighted by atomic mass is 10.2. The number of carbonyl (C=O) groups is 2. The van der Waals surface area contributed by atoms with Gasteiger partial charge >= 0.3 is 0 Å². The molecule has 8 nitrogen and oxygen atoms in total. The van der Waals surface area contributed by atoms with Crippen molar-refractivity contribution in [3.8, 4) is 11.5 Å². The zero-order chi connectivity index (χ0) is 24.1. The summed E-state index contributed by atoms with van der Waals surface area (Å²) < 4.78 is 12.2. The molecule has 176 valence electrons. The van der Waals surface area contributed by atoms with E-state index in [2.05, 4.69) is 20.6 Å². The molecule has 2 heterocycles. The maximum Gasteiger partial charge on any atom is 0.255 e. The fourth-order valence-corrected chi connectivity index (χ4v) is 5.93. The van der Waals surface area contributed by atoms with E-state index in [9.17, 15) is 9.59 Å². The van der Waals surface area contributed by atoms with E-state index in [0.29, 0.717) is 34.3 Å². The second kappa shape index (κ2) is 10.9. The van der Waals surface area contributed by atoms with Crippen molar-refractivity contribution in [1.29, 1.82) is 0 Å². The van der Waals surface area contributed by atoms with Crippen molar-refractivity contribution >= 4 is 67.3 Å². The summed E-state index contributed by atoms with van der Waals surface area (Å²) in [6.45, 7) is 1.97. The number of aromatic nitrogens is 2. The molecule has 34 heavy (non-hydrogen) atoms. The van der Waals surface area contributed by atoms with E-state index in [1.165, 1.54) is 41.5 Å². The topological polar surface area (TPSA) is 102 Å². The number of ether oxygens (including phenoxy) is 2. The van der Waals surface area contributed by atoms with Gasteiger partial charge in [-0.05, 0) is 42.8 Å². The van der Waals surface area contributed by atoms with E-state index in [-0.39, 0.29) is 17.1 Å². The Morgan fingerprint density at radius 1 is 1.09 bits per heavy atom. The van der Waals surface area contributed by atoms with Crippen molar-refractivity contribution < 1.29 is 19.1 Å². The molecule has 1 unspecified atom stereocenters. The summed E-state index contributed by atoms with van der Waals surface area (Å²) in [5.74, 6) is 0.689. The van der Waals surface area contributed by atoms with Crippen LogP contribution >= 0.6 is 34.4 Å². The Morgan fingerprint density at radius 3 is 2.62 bits per heavy atom. The van der Waals surface area contributed by atoms with Crippen LogP contribution in [0, 0.1) is 0 Å². The molecule has 1 atom stereocenters. The van der Waals surface area contributed by atoms with Crippen LogP contribution in [0.15, 0.2) is 52.3 Å². The van der Waals surface area contributed by atoms with E-state index >= 15 is 0 Å². The van der Waals surface area contributed by atoms with E-state index < -0.39 is 0 Å². The number of hydrogen-bond donors (Lipinski definition) is 2. The highest BCUT2D eigenvalue weighted by Gasteiger charge is 2.21. The SMILES string of the molecule is CCC(Sc1nc2ccc(NC(=O)c3ccc(OC)c(OC)c3)cc2s1)C(=O)Nc1nccs1. The number of carbonyl (C=O) groups excluding carboxylic acids is 2. The summed E-state index contributed by atoms with van der Waals surface area (Å²) in [5.41, 5.74) is 1.92. The van der Waals surface area contributed by atoms with Gasteiger partial charge in [-0.2, -0.15) is 0 Å². The number of nitrogens with zero attached hydrogens (tertiary/aromatic N) is 2. The highest BCUT2D eigenvalue weighted by Crippen LogP contribution is 2.35. The Kier molecular flexibility index (Phi) is 7.66. The van der Waals surface area contributed by atoms with Crippen LogP contribution in [0.25, 0.3) is 10.2 Å². The molecule has 2 aromatic heterocycles. The van der Waals surface area contributed by atoms with Gasteiger partial charge in [-0.3, -0.25) is 9.59 Å². The first-order valence-corrected chi connectivity index (χ1v) is 12.9. The Balaban J connectivity index is 1.46. The number of amides is 2. The lowest BCUT2D eigenvalue weighted by Crippen LogP contribution is -2.24. The minimum atomic E-state index is -0.284. The first-order chi connectivity index (χ1) is 16.5. The Morgan fingerprint density at radius 2 is 1.91 bits per heavy atom. The Labute approximate surface area is 208 Å². The van der Waals surface area contributed by atoms with Gasteiger partial charge in [-0.1, -0.05) is 18.7 Å². The lowest BCUT2D eigenvalue weighted by molar-refractivity contribution is -0.115. The van der Waals surface area contributed by atoms with E-state index in [0.717, 1.165) is 14.6 Å². The van der Waals surface area contributed by atoms with Gasteiger partial charge < -0.3 is 20.1 Å². The average Bonchev–Trinajstić information content (AvgIpc) is 3.50. The molecule has 11 heteroatoms. The van der Waals surface area contributed by atoms with Crippen molar-refractivity contribution in [2.75, 3.05) is 24.9 Å². The van der Waals surface area contributed by atoms with Crippen molar-refractivity contribution in [3.63, 3.8) is 0 Å². The Hall–Kier alpha value is -3.15. The van der Waals surface area contributed by atoms with E-state index in [4.69, 9.17) is 9.47 Å². The highest BCUT2D eigenvalue weighted by molar-refractivity contribution is 8.02. The number of hydrogen-bond acceptors (Lipinski definition) is 9. The molecule has 0 saturated heterocycles. The summed E-state index contributed by atoms with van der Waals surface area (Å²) >= 11 is 4.30. The molecule has 0 aliphatic heterocycles. The third-order valence-corrected chi connectivity index (χ3v) is 8.01. The van der Waals surface area contributed by atoms with Gasteiger partial charge in [0.25, 0.3) is 5.91 Å². The number of fused-ring (bicyclic) bond motifs is 1. The monoisotopic (exact) mass is 514 g/mol. The molecule has 4 rings (SSSR count). The van der Waals surface area contributed by atoms with E-state index in [1.807, 2.05) is 30.5 Å². The van der Waals surface area contributed by atoms with Crippen LogP contribution in [0.5, 0.6) is 11.5 Å². The number of thioether (sulfide) groups is 1. The van der Waals surface area contributed by atoms with Crippen LogP contribution < -0.4 is 20.1 Å². The first-order valence-electron chi connectivity index (χ1n) is 10.3. The molecule has 0 saturated carbocycles. The second-order valence-corrected chi connectivity index (χ2v) is 10.4. The Bertz CT molecular complexity index is 1310. The highest BCUT2D eigenvalue weighted by atomic mass is 32.2. The molecule has 2 amide bonds. The molecule has 0 bridgehead atoms. The zero-order valence-electron chi connectivity index (χ0n) is 18.7. The van der Waals surface area contributed by atoms with Gasteiger partial charge in [0.1, 0.15) is 0 Å². The third kappa shape index (κ3) is 5.49. The van der Waals surface area contributed by atoms with Crippen molar-refractivity contribution in [2.24, 2.45) is 0 Å². The summed E-state index contributed by atoms with van der Waals surface area (Å²) in [6, 6.07) is 10.6. The van der Waals surface area contributed by atoms with Crippen molar-refractivity contribution in [1.82, 2.24) is 9.97 Å². The number of benzene rings is 2. The summed E-state index contributed by atoms with van der Waals surface area (Å²) in [7, 11) is 3.07. The van der Waals surface area contributed by atoms with Gasteiger partial charge in [0.05, 0.1) is 29.7 Å². The average molecular weight is 515 g/mol. The number of anilines is 2. The van der Waals surface area contributed by atoms with Gasteiger partial charge in [-0.15, -0.1) is 22.7 Å². The van der Waals surface area contributed by atoms with Crippen LogP contribution in [-0.2, 0) is 4.79 Å². The van der Waals surface area contributed by atoms with Gasteiger partial charge in [0, 0.05) is 22.8 Å². The summed E-state index contributed by atoms with van der Waals surface area (Å²) in [6.07, 6.45) is 2.31. The van der Waals surface area contributed by atoms with E-state index in [1.54, 1.807) is 31.5 Å². The molecule has 0 spiro atoms. The summed E-state index contributed by atoms with van der Waals surface area (Å²) in [5, 5.41) is 7.88. The predicted molar refractivity (Wildman–Crippen MR) is 138 cm³/mol. The van der Waals surface area contributed by atoms with Crippen LogP contribution in [0.3, 0.4) is 0 Å². The minimum absolute atomic E-state index is 0.0930. The normalized spacial score (nSPS) is 11.7. The molecule has 4 aromatic rings. The fraction of sp³-hybridized carbons (Fsp3) is 0.217. The standard InChI is InChI=1S/C23H22N4O4S3/c1-4-18(21(29)27-22-24-9-10-32-22)33-23-26-15-7-6-14(12-19(15)34-23)25-20(28)13-5-8-16(30-2)17(11-13)31-3/h5-12,18H,4H2,1-3H3,(H,25,28)(H,24,27,29). The van der Waals surface area contributed by atoms with Gasteiger partial charge in [0.15, 0.2) is 21.0 Å². The lowest BCUT2D eigenvalue weighted by Gasteiger charge is -2.11. The van der Waals surface area contributed by atoms with Crippen LogP contribution in [0.1, 0.15) is 23.7 Å². The molecular weight excluding hydrogens is 492 g/mol. The van der Waals surface area contributed by atoms with Crippen LogP contribution in [0.4, 0.5) is 10.8 Å². The fourth-order valence-electron chi connectivity index (χ4n) is 3.13. The van der Waals surface area contributed by atoms with Gasteiger partial charge in [-0.25, -0.2) is 9.97 Å². The molecular formula is C23H22N4O4S3. The second-order valence-electron chi connectivity index (χ2n) is 7.03. The molecule has 0 aliphatic rings. The van der Waals surface area contributed by atoms with Crippen molar-refractivity contribution in [3.05, 3.63) is 53.5 Å². The number of methoxy groups -OCH3 is 2. The predicted octanol–water partition coefficient (Wildman–Crippen LogP) is 5.53. The van der Waals surface area contributed by atoms with Crippen LogP contribution in [-0.4, -0.2) is 41.3 Å². The largest absolute Gasteiger partial charge is 0.493 e. The number of thiazole rings is 2.